The average Bonchev–Trinajstić information content (AvgIpc) is 3.03. The van der Waals surface area contributed by atoms with Crippen molar-refractivity contribution < 1.29 is 19.4 Å². The minimum atomic E-state index is -1.07. The molecule has 0 aliphatic carbocycles. The third-order valence-electron chi connectivity index (χ3n) is 7.15. The van der Waals surface area contributed by atoms with E-state index in [0.29, 0.717) is 31.7 Å². The van der Waals surface area contributed by atoms with Crippen molar-refractivity contribution in [2.45, 2.75) is 32.4 Å². The highest BCUT2D eigenvalue weighted by Crippen LogP contribution is 2.32. The van der Waals surface area contributed by atoms with Crippen molar-refractivity contribution in [3.8, 4) is 5.75 Å². The molecule has 0 saturated heterocycles. The zero-order chi connectivity index (χ0) is 28.4. The zero-order valence-electron chi connectivity index (χ0n) is 22.8. The van der Waals surface area contributed by atoms with E-state index in [9.17, 15) is 9.59 Å². The highest BCUT2D eigenvalue weighted by Gasteiger charge is 2.22. The Kier molecular flexibility index (Phi) is 9.06. The molecule has 0 saturated carbocycles. The van der Waals surface area contributed by atoms with Crippen LogP contribution in [0.15, 0.2) is 103 Å². The molecule has 0 unspecified atom stereocenters. The van der Waals surface area contributed by atoms with Crippen molar-refractivity contribution in [3.05, 3.63) is 137 Å². The van der Waals surface area contributed by atoms with Crippen LogP contribution in [0, 0.1) is 0 Å². The Labute approximate surface area is 240 Å². The van der Waals surface area contributed by atoms with E-state index in [0.717, 1.165) is 46.4 Å². The summed E-state index contributed by atoms with van der Waals surface area (Å²) >= 11 is 0. The Morgan fingerprint density at radius 2 is 1.59 bits per heavy atom. The summed E-state index contributed by atoms with van der Waals surface area (Å²) in [6, 6.07) is 27.9. The molecule has 1 aliphatic rings. The topological polar surface area (TPSA) is 91.8 Å². The van der Waals surface area contributed by atoms with Gasteiger partial charge in [0.05, 0.1) is 5.56 Å². The van der Waals surface area contributed by atoms with Crippen LogP contribution in [0.4, 0.5) is 4.79 Å². The van der Waals surface area contributed by atoms with Gasteiger partial charge >= 0.3 is 6.09 Å². The first-order valence-corrected chi connectivity index (χ1v) is 13.8. The maximum absolute atomic E-state index is 13.4. The van der Waals surface area contributed by atoms with Crippen LogP contribution >= 0.6 is 0 Å². The van der Waals surface area contributed by atoms with Gasteiger partial charge in [-0.15, -0.1) is 0 Å². The minimum Gasteiger partial charge on any atom is -0.488 e. The van der Waals surface area contributed by atoms with Crippen LogP contribution in [-0.2, 0) is 26.0 Å². The summed E-state index contributed by atoms with van der Waals surface area (Å²) in [7, 11) is 0. The first kappa shape index (κ1) is 27.6. The first-order valence-electron chi connectivity index (χ1n) is 13.8. The minimum absolute atomic E-state index is 0.0330. The highest BCUT2D eigenvalue weighted by molar-refractivity contribution is 5.94. The maximum atomic E-state index is 13.4. The normalized spacial score (nSPS) is 12.9. The number of pyridine rings is 1. The molecule has 7 heteroatoms. The van der Waals surface area contributed by atoms with Crippen LogP contribution in [0.3, 0.4) is 0 Å². The molecule has 41 heavy (non-hydrogen) atoms. The van der Waals surface area contributed by atoms with E-state index in [4.69, 9.17) is 9.84 Å². The molecular weight excluding hydrogens is 514 g/mol. The van der Waals surface area contributed by atoms with Crippen LogP contribution in [0.5, 0.6) is 5.75 Å². The number of rotatable bonds is 10. The number of benzene rings is 3. The molecule has 0 atom stereocenters. The van der Waals surface area contributed by atoms with Gasteiger partial charge in [-0.05, 0) is 65.3 Å². The van der Waals surface area contributed by atoms with Crippen molar-refractivity contribution in [1.29, 1.82) is 0 Å². The second kappa shape index (κ2) is 13.4. The zero-order valence-corrected chi connectivity index (χ0v) is 22.8. The summed E-state index contributed by atoms with van der Waals surface area (Å²) in [5.41, 5.74) is 6.79. The molecule has 5 rings (SSSR count). The lowest BCUT2D eigenvalue weighted by Gasteiger charge is -2.27. The second-order valence-electron chi connectivity index (χ2n) is 10.1. The molecule has 208 valence electrons. The van der Waals surface area contributed by atoms with Crippen molar-refractivity contribution in [1.82, 2.24) is 15.2 Å². The number of ether oxygens (including phenoxy) is 1. The van der Waals surface area contributed by atoms with Gasteiger partial charge in [-0.25, -0.2) is 4.79 Å². The van der Waals surface area contributed by atoms with E-state index in [1.807, 2.05) is 83.9 Å². The Balaban J connectivity index is 1.28. The molecule has 1 aliphatic heterocycles. The summed E-state index contributed by atoms with van der Waals surface area (Å²) in [6.45, 7) is 1.66. The number of aryl methyl sites for hydroxylation is 2. The van der Waals surface area contributed by atoms with E-state index >= 15 is 0 Å². The van der Waals surface area contributed by atoms with E-state index in [1.165, 1.54) is 5.56 Å². The lowest BCUT2D eigenvalue weighted by atomic mass is 9.96. The van der Waals surface area contributed by atoms with Crippen LogP contribution in [0.2, 0.25) is 0 Å². The van der Waals surface area contributed by atoms with Crippen LogP contribution < -0.4 is 10.1 Å². The van der Waals surface area contributed by atoms with Crippen molar-refractivity contribution >= 4 is 17.6 Å². The van der Waals surface area contributed by atoms with Gasteiger partial charge < -0.3 is 20.1 Å². The van der Waals surface area contributed by atoms with Crippen LogP contribution in [0.25, 0.3) is 5.57 Å². The van der Waals surface area contributed by atoms with Gasteiger partial charge in [-0.2, -0.15) is 0 Å². The monoisotopic (exact) mass is 547 g/mol. The molecule has 0 fully saturated rings. The fraction of sp³-hybridized carbons (Fsp3) is 0.206. The fourth-order valence-corrected chi connectivity index (χ4v) is 4.93. The summed E-state index contributed by atoms with van der Waals surface area (Å²) in [5, 5.41) is 11.5. The third kappa shape index (κ3) is 7.60. The standard InChI is InChI=1S/C34H33N3O4/c38-33(30-19-27(21-35-23-30)12-11-25-7-3-1-4-8-25)37-17-15-29(16-18-37)31-20-28(22-36-34(39)40)13-14-32(31)41-24-26-9-5-2-6-10-26/h1-10,13-15,19-21,23,36H,11-12,16-18,22,24H2,(H,39,40). The summed E-state index contributed by atoms with van der Waals surface area (Å²) < 4.78 is 6.20. The van der Waals surface area contributed by atoms with Gasteiger partial charge in [0.25, 0.3) is 5.91 Å². The van der Waals surface area contributed by atoms with Crippen LogP contribution in [0.1, 0.15) is 44.6 Å². The number of carboxylic acid groups (broad SMARTS) is 1. The van der Waals surface area contributed by atoms with Gasteiger partial charge in [-0.1, -0.05) is 72.8 Å². The molecule has 2 amide bonds. The summed E-state index contributed by atoms with van der Waals surface area (Å²) in [6.07, 6.45) is 6.84. The molecule has 0 radical (unpaired) electrons. The van der Waals surface area contributed by atoms with E-state index in [-0.39, 0.29) is 12.5 Å². The van der Waals surface area contributed by atoms with Gasteiger partial charge in [0.15, 0.2) is 0 Å². The van der Waals surface area contributed by atoms with Crippen LogP contribution in [-0.4, -0.2) is 40.1 Å². The Hall–Kier alpha value is -4.91. The van der Waals surface area contributed by atoms with E-state index < -0.39 is 6.09 Å². The Bertz CT molecular complexity index is 1520. The van der Waals surface area contributed by atoms with E-state index in [2.05, 4.69) is 28.5 Å². The molecular formula is C34H33N3O4. The Morgan fingerprint density at radius 1 is 0.854 bits per heavy atom. The van der Waals surface area contributed by atoms with Gasteiger partial charge in [0.2, 0.25) is 0 Å². The first-order chi connectivity index (χ1) is 20.0. The number of amides is 2. The van der Waals surface area contributed by atoms with Gasteiger partial charge in [-0.3, -0.25) is 9.78 Å². The predicted octanol–water partition coefficient (Wildman–Crippen LogP) is 6.14. The lowest BCUT2D eigenvalue weighted by molar-refractivity contribution is 0.0772. The molecule has 7 nitrogen and oxygen atoms in total. The SMILES string of the molecule is O=C(O)NCc1ccc(OCc2ccccc2)c(C2=CCN(C(=O)c3cncc(CCc4ccccc4)c3)CC2)c1. The van der Waals surface area contributed by atoms with Gasteiger partial charge in [0.1, 0.15) is 12.4 Å². The number of nitrogens with zero attached hydrogens (tertiary/aromatic N) is 2. The predicted molar refractivity (Wildman–Crippen MR) is 159 cm³/mol. The molecule has 3 aromatic carbocycles. The largest absolute Gasteiger partial charge is 0.488 e. The molecule has 0 bridgehead atoms. The summed E-state index contributed by atoms with van der Waals surface area (Å²) in [5.74, 6) is 0.698. The molecule has 2 N–H and O–H groups in total. The lowest BCUT2D eigenvalue weighted by Crippen LogP contribution is -2.34. The number of aromatic nitrogens is 1. The van der Waals surface area contributed by atoms with Crippen molar-refractivity contribution in [2.75, 3.05) is 13.1 Å². The average molecular weight is 548 g/mol. The number of carbonyl (C=O) groups is 2. The molecule has 0 spiro atoms. The summed E-state index contributed by atoms with van der Waals surface area (Å²) in [4.78, 5) is 30.6. The molecule has 1 aromatic heterocycles. The second-order valence-corrected chi connectivity index (χ2v) is 10.1. The smallest absolute Gasteiger partial charge is 0.404 e. The maximum Gasteiger partial charge on any atom is 0.404 e. The van der Waals surface area contributed by atoms with Crippen molar-refractivity contribution in [2.24, 2.45) is 0 Å². The van der Waals surface area contributed by atoms with E-state index in [1.54, 1.807) is 6.20 Å². The molecule has 4 aromatic rings. The number of hydrogen-bond donors (Lipinski definition) is 2. The number of carbonyl (C=O) groups excluding carboxylic acids is 1. The Morgan fingerprint density at radius 3 is 2.29 bits per heavy atom. The number of hydrogen-bond acceptors (Lipinski definition) is 4. The number of nitrogens with one attached hydrogen (secondary N) is 1. The van der Waals surface area contributed by atoms with Gasteiger partial charge in [0, 0.05) is 37.6 Å². The third-order valence-corrected chi connectivity index (χ3v) is 7.15. The molecule has 2 heterocycles. The quantitative estimate of drug-likeness (QED) is 0.249. The highest BCUT2D eigenvalue weighted by atomic mass is 16.5. The fourth-order valence-electron chi connectivity index (χ4n) is 4.93. The van der Waals surface area contributed by atoms with Crippen molar-refractivity contribution in [3.63, 3.8) is 0 Å².